The highest BCUT2D eigenvalue weighted by Gasteiger charge is 2.23. The molecule has 1 fully saturated rings. The number of benzene rings is 1. The van der Waals surface area contributed by atoms with Gasteiger partial charge in [-0.2, -0.15) is 0 Å². The highest BCUT2D eigenvalue weighted by atomic mass is 35.5. The molecule has 1 saturated heterocycles. The van der Waals surface area contributed by atoms with Gasteiger partial charge >= 0.3 is 0 Å². The van der Waals surface area contributed by atoms with E-state index in [1.807, 2.05) is 30.0 Å². The molecule has 0 radical (unpaired) electrons. The molecule has 3 rings (SSSR count). The van der Waals surface area contributed by atoms with Crippen molar-refractivity contribution in [2.45, 2.75) is 26.7 Å². The quantitative estimate of drug-likeness (QED) is 0.912. The minimum Gasteiger partial charge on any atom is -0.337 e. The zero-order valence-electron chi connectivity index (χ0n) is 13.9. The number of rotatable bonds is 3. The SMILES string of the molecule is Cc1cc(C(=O)N2CCC(C)CC2)nc(Nc2ccccc2Cl)n1. The van der Waals surface area contributed by atoms with Crippen LogP contribution in [0, 0.1) is 12.8 Å². The Hall–Kier alpha value is -2.14. The van der Waals surface area contributed by atoms with Crippen LogP contribution in [0.4, 0.5) is 11.6 Å². The largest absolute Gasteiger partial charge is 0.337 e. The van der Waals surface area contributed by atoms with Crippen molar-refractivity contribution in [2.75, 3.05) is 18.4 Å². The van der Waals surface area contributed by atoms with Gasteiger partial charge < -0.3 is 10.2 Å². The molecule has 1 N–H and O–H groups in total. The number of amides is 1. The van der Waals surface area contributed by atoms with Gasteiger partial charge in [-0.25, -0.2) is 9.97 Å². The van der Waals surface area contributed by atoms with Crippen molar-refractivity contribution in [3.8, 4) is 0 Å². The van der Waals surface area contributed by atoms with Crippen LogP contribution in [0.3, 0.4) is 0 Å². The van der Waals surface area contributed by atoms with Crippen molar-refractivity contribution in [1.82, 2.24) is 14.9 Å². The molecule has 0 spiro atoms. The monoisotopic (exact) mass is 344 g/mol. The molecule has 0 unspecified atom stereocenters. The summed E-state index contributed by atoms with van der Waals surface area (Å²) in [6, 6.07) is 9.11. The number of nitrogens with zero attached hydrogens (tertiary/aromatic N) is 3. The lowest BCUT2D eigenvalue weighted by Gasteiger charge is -2.30. The summed E-state index contributed by atoms with van der Waals surface area (Å²) in [7, 11) is 0. The molecule has 1 amide bonds. The van der Waals surface area contributed by atoms with E-state index < -0.39 is 0 Å². The number of aryl methyl sites for hydroxylation is 1. The van der Waals surface area contributed by atoms with Crippen LogP contribution in [0.5, 0.6) is 0 Å². The predicted octanol–water partition coefficient (Wildman–Crippen LogP) is 4.05. The van der Waals surface area contributed by atoms with E-state index >= 15 is 0 Å². The van der Waals surface area contributed by atoms with Crippen molar-refractivity contribution < 1.29 is 4.79 Å². The molecule has 5 nitrogen and oxygen atoms in total. The fourth-order valence-electron chi connectivity index (χ4n) is 2.79. The van der Waals surface area contributed by atoms with Gasteiger partial charge in [0.1, 0.15) is 5.69 Å². The lowest BCUT2D eigenvalue weighted by atomic mass is 9.99. The van der Waals surface area contributed by atoms with E-state index in [0.29, 0.717) is 22.6 Å². The van der Waals surface area contributed by atoms with Gasteiger partial charge in [0.15, 0.2) is 0 Å². The maximum absolute atomic E-state index is 12.7. The maximum atomic E-state index is 12.7. The first-order valence-electron chi connectivity index (χ1n) is 8.19. The third-order valence-electron chi connectivity index (χ3n) is 4.26. The molecular weight excluding hydrogens is 324 g/mol. The number of piperidine rings is 1. The summed E-state index contributed by atoms with van der Waals surface area (Å²) in [5, 5.41) is 3.68. The van der Waals surface area contributed by atoms with Crippen LogP contribution in [0.1, 0.15) is 35.9 Å². The second-order valence-corrected chi connectivity index (χ2v) is 6.70. The number of likely N-dealkylation sites (tertiary alicyclic amines) is 1. The Morgan fingerprint density at radius 2 is 1.96 bits per heavy atom. The Labute approximate surface area is 147 Å². The van der Waals surface area contributed by atoms with Gasteiger partial charge in [-0.15, -0.1) is 0 Å². The van der Waals surface area contributed by atoms with Crippen molar-refractivity contribution in [3.63, 3.8) is 0 Å². The van der Waals surface area contributed by atoms with E-state index in [9.17, 15) is 4.79 Å². The molecule has 1 aliphatic rings. The fourth-order valence-corrected chi connectivity index (χ4v) is 2.97. The van der Waals surface area contributed by atoms with Crippen LogP contribution in [0.2, 0.25) is 5.02 Å². The first-order valence-corrected chi connectivity index (χ1v) is 8.57. The first-order chi connectivity index (χ1) is 11.5. The number of carbonyl (C=O) groups is 1. The van der Waals surface area contributed by atoms with Crippen molar-refractivity contribution in [3.05, 3.63) is 46.7 Å². The van der Waals surface area contributed by atoms with Crippen LogP contribution >= 0.6 is 11.6 Å². The van der Waals surface area contributed by atoms with Crippen LogP contribution < -0.4 is 5.32 Å². The number of hydrogen-bond donors (Lipinski definition) is 1. The molecule has 2 aromatic rings. The summed E-state index contributed by atoms with van der Waals surface area (Å²) >= 11 is 6.16. The Morgan fingerprint density at radius 3 is 2.67 bits per heavy atom. The minimum atomic E-state index is -0.0328. The van der Waals surface area contributed by atoms with Gasteiger partial charge in [-0.1, -0.05) is 30.7 Å². The molecule has 0 aliphatic carbocycles. The van der Waals surface area contributed by atoms with E-state index in [1.165, 1.54) is 0 Å². The third-order valence-corrected chi connectivity index (χ3v) is 4.59. The fraction of sp³-hybridized carbons (Fsp3) is 0.389. The van der Waals surface area contributed by atoms with Crippen molar-refractivity contribution in [1.29, 1.82) is 0 Å². The highest BCUT2D eigenvalue weighted by molar-refractivity contribution is 6.33. The van der Waals surface area contributed by atoms with Crippen LogP contribution in [-0.2, 0) is 0 Å². The number of nitrogens with one attached hydrogen (secondary N) is 1. The van der Waals surface area contributed by atoms with Crippen molar-refractivity contribution >= 4 is 29.1 Å². The Bertz CT molecular complexity index is 742. The lowest BCUT2D eigenvalue weighted by Crippen LogP contribution is -2.38. The second kappa shape index (κ2) is 7.18. The van der Waals surface area contributed by atoms with Gasteiger partial charge in [0.25, 0.3) is 5.91 Å². The molecule has 6 heteroatoms. The number of aromatic nitrogens is 2. The summed E-state index contributed by atoms with van der Waals surface area (Å²) in [5.74, 6) is 1.03. The molecule has 1 aromatic heterocycles. The third kappa shape index (κ3) is 3.85. The van der Waals surface area contributed by atoms with E-state index in [1.54, 1.807) is 12.1 Å². The molecule has 2 heterocycles. The lowest BCUT2D eigenvalue weighted by molar-refractivity contribution is 0.0691. The molecule has 0 bridgehead atoms. The van der Waals surface area contributed by atoms with E-state index in [2.05, 4.69) is 22.2 Å². The highest BCUT2D eigenvalue weighted by Crippen LogP contribution is 2.24. The number of halogens is 1. The van der Waals surface area contributed by atoms with Gasteiger partial charge in [-0.3, -0.25) is 4.79 Å². The van der Waals surface area contributed by atoms with E-state index in [-0.39, 0.29) is 5.91 Å². The summed E-state index contributed by atoms with van der Waals surface area (Å²) in [4.78, 5) is 23.3. The average molecular weight is 345 g/mol. The zero-order chi connectivity index (χ0) is 17.1. The smallest absolute Gasteiger partial charge is 0.272 e. The van der Waals surface area contributed by atoms with Crippen molar-refractivity contribution in [2.24, 2.45) is 5.92 Å². The van der Waals surface area contributed by atoms with Gasteiger partial charge in [0.2, 0.25) is 5.95 Å². The van der Waals surface area contributed by atoms with E-state index in [4.69, 9.17) is 11.6 Å². The van der Waals surface area contributed by atoms with Crippen LogP contribution in [-0.4, -0.2) is 33.9 Å². The predicted molar refractivity (Wildman–Crippen MR) is 95.8 cm³/mol. The Morgan fingerprint density at radius 1 is 1.25 bits per heavy atom. The van der Waals surface area contributed by atoms with Crippen LogP contribution in [0.15, 0.2) is 30.3 Å². The standard InChI is InChI=1S/C18H21ClN4O/c1-12-7-9-23(10-8-12)17(24)16-11-13(2)20-18(22-16)21-15-6-4-3-5-14(15)19/h3-6,11-12H,7-10H2,1-2H3,(H,20,21,22). The molecule has 1 aliphatic heterocycles. The molecular formula is C18H21ClN4O. The second-order valence-electron chi connectivity index (χ2n) is 6.30. The first kappa shape index (κ1) is 16.7. The number of para-hydroxylation sites is 1. The van der Waals surface area contributed by atoms with E-state index in [0.717, 1.165) is 37.3 Å². The number of carbonyl (C=O) groups excluding carboxylic acids is 1. The zero-order valence-corrected chi connectivity index (χ0v) is 14.7. The molecule has 24 heavy (non-hydrogen) atoms. The Kier molecular flexibility index (Phi) is 5.00. The number of hydrogen-bond acceptors (Lipinski definition) is 4. The molecule has 0 atom stereocenters. The molecule has 0 saturated carbocycles. The maximum Gasteiger partial charge on any atom is 0.272 e. The van der Waals surface area contributed by atoms with Crippen LogP contribution in [0.25, 0.3) is 0 Å². The number of anilines is 2. The topological polar surface area (TPSA) is 58.1 Å². The Balaban J connectivity index is 1.81. The van der Waals surface area contributed by atoms with Gasteiger partial charge in [0.05, 0.1) is 10.7 Å². The summed E-state index contributed by atoms with van der Waals surface area (Å²) in [6.07, 6.45) is 2.08. The minimum absolute atomic E-state index is 0.0328. The summed E-state index contributed by atoms with van der Waals surface area (Å²) in [5.41, 5.74) is 1.88. The summed E-state index contributed by atoms with van der Waals surface area (Å²) < 4.78 is 0. The molecule has 126 valence electrons. The molecule has 1 aromatic carbocycles. The van der Waals surface area contributed by atoms with Gasteiger partial charge in [0, 0.05) is 18.8 Å². The normalized spacial score (nSPS) is 15.4. The average Bonchev–Trinajstić information content (AvgIpc) is 2.56. The summed E-state index contributed by atoms with van der Waals surface area (Å²) in [6.45, 7) is 5.66. The van der Waals surface area contributed by atoms with Gasteiger partial charge in [-0.05, 0) is 43.9 Å².